The summed E-state index contributed by atoms with van der Waals surface area (Å²) >= 11 is 3.32. The largest absolute Gasteiger partial charge is 0.469 e. The number of benzene rings is 1. The third kappa shape index (κ3) is 3.87. The van der Waals surface area contributed by atoms with Gasteiger partial charge in [0.1, 0.15) is 5.76 Å². The highest BCUT2D eigenvalue weighted by Crippen LogP contribution is 2.18. The van der Waals surface area contributed by atoms with Crippen molar-refractivity contribution >= 4 is 27.5 Å². The van der Waals surface area contributed by atoms with Crippen molar-refractivity contribution in [2.45, 2.75) is 25.8 Å². The van der Waals surface area contributed by atoms with Crippen LogP contribution in [0.3, 0.4) is 0 Å². The predicted octanol–water partition coefficient (Wildman–Crippen LogP) is 3.38. The molecule has 1 heterocycles. The van der Waals surface area contributed by atoms with Gasteiger partial charge in [-0.2, -0.15) is 0 Å². The first-order valence-electron chi connectivity index (χ1n) is 6.44. The number of nitrogens with one attached hydrogen (secondary N) is 1. The first-order valence-corrected chi connectivity index (χ1v) is 7.24. The fourth-order valence-electron chi connectivity index (χ4n) is 1.93. The normalized spacial score (nSPS) is 12.1. The summed E-state index contributed by atoms with van der Waals surface area (Å²) in [5, 5.41) is 2.94. The molecule has 1 unspecified atom stereocenters. The van der Waals surface area contributed by atoms with E-state index in [0.29, 0.717) is 11.3 Å². The second-order valence-electron chi connectivity index (χ2n) is 4.72. The summed E-state index contributed by atoms with van der Waals surface area (Å²) in [4.78, 5) is 12.1. The molecule has 0 aliphatic rings. The summed E-state index contributed by atoms with van der Waals surface area (Å²) < 4.78 is 6.13. The van der Waals surface area contributed by atoms with Crippen LogP contribution in [0.15, 0.2) is 45.5 Å². The first kappa shape index (κ1) is 14.7. The zero-order valence-corrected chi connectivity index (χ0v) is 12.8. The molecule has 2 aromatic rings. The lowest BCUT2D eigenvalue weighted by Crippen LogP contribution is -2.33. The molecular weight excluding hydrogens is 320 g/mol. The lowest BCUT2D eigenvalue weighted by atomic mass is 10.1. The van der Waals surface area contributed by atoms with Gasteiger partial charge in [-0.1, -0.05) is 15.9 Å². The van der Waals surface area contributed by atoms with Crippen molar-refractivity contribution in [3.63, 3.8) is 0 Å². The lowest BCUT2D eigenvalue weighted by molar-refractivity contribution is 0.0939. The Morgan fingerprint density at radius 2 is 2.25 bits per heavy atom. The van der Waals surface area contributed by atoms with Gasteiger partial charge in [-0.3, -0.25) is 4.79 Å². The Balaban J connectivity index is 1.90. The van der Waals surface area contributed by atoms with Gasteiger partial charge in [0.25, 0.3) is 5.91 Å². The molecule has 0 spiro atoms. The molecule has 0 fully saturated rings. The number of rotatable bonds is 5. The van der Waals surface area contributed by atoms with Gasteiger partial charge in [-0.25, -0.2) is 0 Å². The van der Waals surface area contributed by atoms with Crippen LogP contribution < -0.4 is 11.1 Å². The molecule has 20 heavy (non-hydrogen) atoms. The van der Waals surface area contributed by atoms with E-state index < -0.39 is 0 Å². The van der Waals surface area contributed by atoms with Crippen molar-refractivity contribution < 1.29 is 9.21 Å². The van der Waals surface area contributed by atoms with E-state index in [-0.39, 0.29) is 11.9 Å². The number of amides is 1. The van der Waals surface area contributed by atoms with Crippen LogP contribution in [0.5, 0.6) is 0 Å². The summed E-state index contributed by atoms with van der Waals surface area (Å²) in [7, 11) is 0. The number of nitrogens with two attached hydrogens (primary N) is 1. The maximum absolute atomic E-state index is 12.1. The maximum atomic E-state index is 12.1. The molecular formula is C15H17BrN2O2. The van der Waals surface area contributed by atoms with Gasteiger partial charge >= 0.3 is 0 Å². The molecule has 0 saturated heterocycles. The molecule has 0 aliphatic carbocycles. The number of halogens is 1. The van der Waals surface area contributed by atoms with Crippen LogP contribution in [0.4, 0.5) is 5.69 Å². The van der Waals surface area contributed by atoms with Gasteiger partial charge < -0.3 is 15.5 Å². The highest BCUT2D eigenvalue weighted by molar-refractivity contribution is 9.10. The molecule has 1 aromatic heterocycles. The first-order chi connectivity index (χ1) is 9.56. The molecule has 106 valence electrons. The van der Waals surface area contributed by atoms with Crippen LogP contribution in [-0.2, 0) is 6.42 Å². The van der Waals surface area contributed by atoms with Crippen LogP contribution in [-0.4, -0.2) is 11.9 Å². The summed E-state index contributed by atoms with van der Waals surface area (Å²) in [6, 6.07) is 9.09. The van der Waals surface area contributed by atoms with Crippen molar-refractivity contribution in [3.05, 3.63) is 52.4 Å². The quantitative estimate of drug-likeness (QED) is 0.822. The monoisotopic (exact) mass is 336 g/mol. The van der Waals surface area contributed by atoms with Gasteiger partial charge in [-0.15, -0.1) is 0 Å². The second kappa shape index (κ2) is 6.61. The average Bonchev–Trinajstić information content (AvgIpc) is 2.89. The van der Waals surface area contributed by atoms with E-state index in [1.54, 1.807) is 24.5 Å². The maximum Gasteiger partial charge on any atom is 0.253 e. The number of carbonyl (C=O) groups excluding carboxylic acids is 1. The lowest BCUT2D eigenvalue weighted by Gasteiger charge is -2.14. The minimum absolute atomic E-state index is 0.0515. The van der Waals surface area contributed by atoms with Gasteiger partial charge in [0, 0.05) is 22.6 Å². The number of carbonyl (C=O) groups is 1. The SMILES string of the molecule is CC(CCc1ccco1)NC(=O)c1ccc(Br)cc1N. The van der Waals surface area contributed by atoms with Crippen molar-refractivity contribution in [2.75, 3.05) is 5.73 Å². The highest BCUT2D eigenvalue weighted by atomic mass is 79.9. The standard InChI is InChI=1S/C15H17BrN2O2/c1-10(4-6-12-3-2-8-20-12)18-15(19)13-7-5-11(16)9-14(13)17/h2-3,5,7-10H,4,6,17H2,1H3,(H,18,19). The Morgan fingerprint density at radius 1 is 1.45 bits per heavy atom. The zero-order chi connectivity index (χ0) is 14.5. The number of hydrogen-bond donors (Lipinski definition) is 2. The van der Waals surface area contributed by atoms with Crippen LogP contribution in [0, 0.1) is 0 Å². The molecule has 0 saturated carbocycles. The summed E-state index contributed by atoms with van der Waals surface area (Å²) in [5.41, 5.74) is 6.81. The van der Waals surface area contributed by atoms with Crippen LogP contribution in [0.1, 0.15) is 29.5 Å². The van der Waals surface area contributed by atoms with Gasteiger partial charge in [0.2, 0.25) is 0 Å². The third-order valence-corrected chi connectivity index (χ3v) is 3.53. The average molecular weight is 337 g/mol. The van der Waals surface area contributed by atoms with E-state index in [1.807, 2.05) is 19.1 Å². The number of nitrogen functional groups attached to an aromatic ring is 1. The Labute approximate surface area is 126 Å². The predicted molar refractivity (Wildman–Crippen MR) is 82.5 cm³/mol. The molecule has 0 aliphatic heterocycles. The molecule has 3 N–H and O–H groups in total. The van der Waals surface area contributed by atoms with Gasteiger partial charge in [0.05, 0.1) is 11.8 Å². The smallest absolute Gasteiger partial charge is 0.253 e. The minimum Gasteiger partial charge on any atom is -0.469 e. The summed E-state index contributed by atoms with van der Waals surface area (Å²) in [5.74, 6) is 0.774. The van der Waals surface area contributed by atoms with E-state index in [0.717, 1.165) is 23.1 Å². The minimum atomic E-state index is -0.151. The Morgan fingerprint density at radius 3 is 2.90 bits per heavy atom. The summed E-state index contributed by atoms with van der Waals surface area (Å²) in [6.07, 6.45) is 3.26. The van der Waals surface area contributed by atoms with E-state index >= 15 is 0 Å². The topological polar surface area (TPSA) is 68.3 Å². The molecule has 2 rings (SSSR count). The number of aryl methyl sites for hydroxylation is 1. The van der Waals surface area contributed by atoms with Crippen molar-refractivity contribution in [1.82, 2.24) is 5.32 Å². The van der Waals surface area contributed by atoms with Crippen LogP contribution in [0.25, 0.3) is 0 Å². The number of anilines is 1. The van der Waals surface area contributed by atoms with Crippen LogP contribution >= 0.6 is 15.9 Å². The van der Waals surface area contributed by atoms with Crippen molar-refractivity contribution in [2.24, 2.45) is 0 Å². The molecule has 5 heteroatoms. The molecule has 4 nitrogen and oxygen atoms in total. The zero-order valence-electron chi connectivity index (χ0n) is 11.2. The molecule has 1 amide bonds. The molecule has 0 bridgehead atoms. The van der Waals surface area contributed by atoms with E-state index in [1.165, 1.54) is 0 Å². The summed E-state index contributed by atoms with van der Waals surface area (Å²) in [6.45, 7) is 1.97. The number of hydrogen-bond acceptors (Lipinski definition) is 3. The van der Waals surface area contributed by atoms with Gasteiger partial charge in [-0.05, 0) is 43.7 Å². The van der Waals surface area contributed by atoms with Crippen LogP contribution in [0.2, 0.25) is 0 Å². The highest BCUT2D eigenvalue weighted by Gasteiger charge is 2.13. The van der Waals surface area contributed by atoms with E-state index in [4.69, 9.17) is 10.2 Å². The third-order valence-electron chi connectivity index (χ3n) is 3.04. The fourth-order valence-corrected chi connectivity index (χ4v) is 2.31. The van der Waals surface area contributed by atoms with E-state index in [2.05, 4.69) is 21.2 Å². The Hall–Kier alpha value is -1.75. The number of furan rings is 1. The van der Waals surface area contributed by atoms with Gasteiger partial charge in [0.15, 0.2) is 0 Å². The molecule has 0 radical (unpaired) electrons. The van der Waals surface area contributed by atoms with Crippen molar-refractivity contribution in [3.8, 4) is 0 Å². The Kier molecular flexibility index (Phi) is 4.84. The Bertz CT molecular complexity index is 582. The second-order valence-corrected chi connectivity index (χ2v) is 5.64. The fraction of sp³-hybridized carbons (Fsp3) is 0.267. The molecule has 1 aromatic carbocycles. The van der Waals surface area contributed by atoms with E-state index in [9.17, 15) is 4.79 Å². The molecule has 1 atom stereocenters. The van der Waals surface area contributed by atoms with Crippen molar-refractivity contribution in [1.29, 1.82) is 0 Å².